The summed E-state index contributed by atoms with van der Waals surface area (Å²) in [6, 6.07) is 2.99. The maximum atomic E-state index is 13.4. The molecule has 0 radical (unpaired) electrons. The Bertz CT molecular complexity index is 429. The molecule has 1 aliphatic carbocycles. The van der Waals surface area contributed by atoms with E-state index in [1.165, 1.54) is 12.1 Å². The molecule has 0 saturated heterocycles. The molecular weight excluding hydrogens is 209 g/mol. The quantitative estimate of drug-likeness (QED) is 0.830. The van der Waals surface area contributed by atoms with Crippen molar-refractivity contribution >= 4 is 0 Å². The SMILES string of the molecule is NC1(Cc2cc(F)cc3c2OCOC3)CC1. The Morgan fingerprint density at radius 2 is 2.19 bits per heavy atom. The van der Waals surface area contributed by atoms with Crippen molar-refractivity contribution in [2.45, 2.75) is 31.4 Å². The maximum absolute atomic E-state index is 13.4. The van der Waals surface area contributed by atoms with Crippen LogP contribution in [-0.4, -0.2) is 12.3 Å². The molecule has 3 rings (SSSR count). The number of nitrogens with two attached hydrogens (primary N) is 1. The van der Waals surface area contributed by atoms with Crippen molar-refractivity contribution in [1.29, 1.82) is 0 Å². The Balaban J connectivity index is 1.98. The minimum atomic E-state index is -0.243. The van der Waals surface area contributed by atoms with Gasteiger partial charge in [-0.25, -0.2) is 4.39 Å². The van der Waals surface area contributed by atoms with Crippen LogP contribution in [0.2, 0.25) is 0 Å². The van der Waals surface area contributed by atoms with Gasteiger partial charge in [0.1, 0.15) is 11.6 Å². The Morgan fingerprint density at radius 3 is 2.94 bits per heavy atom. The summed E-state index contributed by atoms with van der Waals surface area (Å²) in [5.41, 5.74) is 7.57. The summed E-state index contributed by atoms with van der Waals surface area (Å²) in [4.78, 5) is 0. The minimum absolute atomic E-state index is 0.136. The van der Waals surface area contributed by atoms with Crippen molar-refractivity contribution in [1.82, 2.24) is 0 Å². The number of hydrogen-bond donors (Lipinski definition) is 1. The van der Waals surface area contributed by atoms with E-state index < -0.39 is 0 Å². The standard InChI is InChI=1S/C12H14FNO2/c13-10-3-8(5-12(14)1-2-12)11-9(4-10)6-15-7-16-11/h3-4H,1-2,5-7,14H2. The summed E-state index contributed by atoms with van der Waals surface area (Å²) < 4.78 is 24.0. The number of fused-ring (bicyclic) bond motifs is 1. The van der Waals surface area contributed by atoms with Crippen LogP contribution in [0.4, 0.5) is 4.39 Å². The molecule has 0 aromatic heterocycles. The molecule has 86 valence electrons. The zero-order valence-corrected chi connectivity index (χ0v) is 8.96. The second-order valence-corrected chi connectivity index (χ2v) is 4.70. The molecule has 4 heteroatoms. The molecule has 0 amide bonds. The topological polar surface area (TPSA) is 44.5 Å². The molecule has 0 spiro atoms. The fourth-order valence-electron chi connectivity index (χ4n) is 2.10. The van der Waals surface area contributed by atoms with Gasteiger partial charge in [0.15, 0.2) is 6.79 Å². The largest absolute Gasteiger partial charge is 0.467 e. The van der Waals surface area contributed by atoms with Crippen molar-refractivity contribution in [3.05, 3.63) is 29.1 Å². The number of halogens is 1. The van der Waals surface area contributed by atoms with Crippen LogP contribution in [0, 0.1) is 5.82 Å². The molecule has 1 saturated carbocycles. The lowest BCUT2D eigenvalue weighted by Crippen LogP contribution is -2.25. The second-order valence-electron chi connectivity index (χ2n) is 4.70. The van der Waals surface area contributed by atoms with Crippen LogP contribution in [0.5, 0.6) is 5.75 Å². The van der Waals surface area contributed by atoms with Gasteiger partial charge in [0, 0.05) is 11.1 Å². The van der Waals surface area contributed by atoms with Crippen molar-refractivity contribution in [3.63, 3.8) is 0 Å². The Morgan fingerprint density at radius 1 is 1.38 bits per heavy atom. The van der Waals surface area contributed by atoms with Crippen LogP contribution in [0.15, 0.2) is 12.1 Å². The zero-order valence-electron chi connectivity index (χ0n) is 8.96. The van der Waals surface area contributed by atoms with Gasteiger partial charge in [-0.3, -0.25) is 0 Å². The average molecular weight is 223 g/mol. The summed E-state index contributed by atoms with van der Waals surface area (Å²) in [6.45, 7) is 0.654. The van der Waals surface area contributed by atoms with Gasteiger partial charge in [0.25, 0.3) is 0 Å². The van der Waals surface area contributed by atoms with Gasteiger partial charge in [0.2, 0.25) is 0 Å². The first-order valence-corrected chi connectivity index (χ1v) is 5.47. The molecule has 2 N–H and O–H groups in total. The van der Waals surface area contributed by atoms with E-state index in [1.54, 1.807) is 0 Å². The Labute approximate surface area is 93.3 Å². The molecule has 1 aliphatic heterocycles. The molecule has 0 unspecified atom stereocenters. The summed E-state index contributed by atoms with van der Waals surface area (Å²) in [6.07, 6.45) is 2.71. The van der Waals surface area contributed by atoms with E-state index in [4.69, 9.17) is 15.2 Å². The first-order chi connectivity index (χ1) is 7.66. The average Bonchev–Trinajstić information content (AvgIpc) is 2.96. The van der Waals surface area contributed by atoms with Gasteiger partial charge in [-0.15, -0.1) is 0 Å². The smallest absolute Gasteiger partial charge is 0.189 e. The lowest BCUT2D eigenvalue weighted by molar-refractivity contribution is -0.0173. The van der Waals surface area contributed by atoms with Crippen LogP contribution in [0.3, 0.4) is 0 Å². The van der Waals surface area contributed by atoms with Gasteiger partial charge in [-0.05, 0) is 37.0 Å². The molecular formula is C12H14FNO2. The fraction of sp³-hybridized carbons (Fsp3) is 0.500. The third kappa shape index (κ3) is 1.79. The van der Waals surface area contributed by atoms with Crippen LogP contribution >= 0.6 is 0 Å². The highest BCUT2D eigenvalue weighted by Crippen LogP contribution is 2.39. The van der Waals surface area contributed by atoms with E-state index in [0.29, 0.717) is 13.0 Å². The Kier molecular flexibility index (Phi) is 2.16. The van der Waals surface area contributed by atoms with Crippen molar-refractivity contribution in [2.24, 2.45) is 5.73 Å². The predicted molar refractivity (Wildman–Crippen MR) is 56.5 cm³/mol. The number of hydrogen-bond acceptors (Lipinski definition) is 3. The Hall–Kier alpha value is -1.13. The van der Waals surface area contributed by atoms with Gasteiger partial charge in [0.05, 0.1) is 6.61 Å². The van der Waals surface area contributed by atoms with Crippen molar-refractivity contribution in [2.75, 3.05) is 6.79 Å². The minimum Gasteiger partial charge on any atom is -0.467 e. The molecule has 1 heterocycles. The van der Waals surface area contributed by atoms with Crippen LogP contribution in [-0.2, 0) is 17.8 Å². The summed E-state index contributed by atoms with van der Waals surface area (Å²) in [5, 5.41) is 0. The molecule has 0 bridgehead atoms. The number of ether oxygens (including phenoxy) is 2. The van der Waals surface area contributed by atoms with Crippen LogP contribution in [0.25, 0.3) is 0 Å². The predicted octanol–water partition coefficient (Wildman–Crippen LogP) is 1.73. The van der Waals surface area contributed by atoms with Gasteiger partial charge < -0.3 is 15.2 Å². The monoisotopic (exact) mass is 223 g/mol. The molecule has 1 aromatic rings. The third-order valence-electron chi connectivity index (χ3n) is 3.19. The molecule has 16 heavy (non-hydrogen) atoms. The van der Waals surface area contributed by atoms with Crippen LogP contribution in [0.1, 0.15) is 24.0 Å². The lowest BCUT2D eigenvalue weighted by Gasteiger charge is -2.22. The first-order valence-electron chi connectivity index (χ1n) is 5.47. The first kappa shape index (κ1) is 10.1. The fourth-order valence-corrected chi connectivity index (χ4v) is 2.10. The number of rotatable bonds is 2. The van der Waals surface area contributed by atoms with Crippen LogP contribution < -0.4 is 10.5 Å². The van der Waals surface area contributed by atoms with E-state index in [0.717, 1.165) is 29.7 Å². The highest BCUT2D eigenvalue weighted by molar-refractivity contribution is 5.44. The van der Waals surface area contributed by atoms with E-state index in [-0.39, 0.29) is 18.1 Å². The van der Waals surface area contributed by atoms with E-state index in [9.17, 15) is 4.39 Å². The maximum Gasteiger partial charge on any atom is 0.189 e. The molecule has 1 fully saturated rings. The number of benzene rings is 1. The van der Waals surface area contributed by atoms with Crippen molar-refractivity contribution in [3.8, 4) is 5.75 Å². The molecule has 2 aliphatic rings. The lowest BCUT2D eigenvalue weighted by atomic mass is 10.0. The summed E-state index contributed by atoms with van der Waals surface area (Å²) >= 11 is 0. The zero-order chi connectivity index (χ0) is 11.2. The highest BCUT2D eigenvalue weighted by atomic mass is 19.1. The van der Waals surface area contributed by atoms with Gasteiger partial charge >= 0.3 is 0 Å². The molecule has 1 aromatic carbocycles. The van der Waals surface area contributed by atoms with E-state index >= 15 is 0 Å². The summed E-state index contributed by atoms with van der Waals surface area (Å²) in [7, 11) is 0. The molecule has 3 nitrogen and oxygen atoms in total. The van der Waals surface area contributed by atoms with E-state index in [1.807, 2.05) is 0 Å². The third-order valence-corrected chi connectivity index (χ3v) is 3.19. The second kappa shape index (κ2) is 3.43. The van der Waals surface area contributed by atoms with E-state index in [2.05, 4.69) is 0 Å². The van der Waals surface area contributed by atoms with Crippen molar-refractivity contribution < 1.29 is 13.9 Å². The van der Waals surface area contributed by atoms with Gasteiger partial charge in [-0.1, -0.05) is 0 Å². The normalized spacial score (nSPS) is 21.1. The van der Waals surface area contributed by atoms with Gasteiger partial charge in [-0.2, -0.15) is 0 Å². The molecule has 0 atom stereocenters. The summed E-state index contributed by atoms with van der Waals surface area (Å²) in [5.74, 6) is 0.525. The highest BCUT2D eigenvalue weighted by Gasteiger charge is 2.39.